The van der Waals surface area contributed by atoms with Crippen LogP contribution in [0.4, 0.5) is 13.2 Å². The number of imidazole rings is 1. The van der Waals surface area contributed by atoms with E-state index in [4.69, 9.17) is 0 Å². The third-order valence-corrected chi connectivity index (χ3v) is 2.72. The zero-order valence-electron chi connectivity index (χ0n) is 10.9. The smallest absolute Gasteiger partial charge is 0.262 e. The summed E-state index contributed by atoms with van der Waals surface area (Å²) in [5.74, 6) is 3.68. The number of nitrogens with zero attached hydrogens (tertiary/aromatic N) is 2. The fourth-order valence-corrected chi connectivity index (χ4v) is 1.71. The van der Waals surface area contributed by atoms with Crippen molar-refractivity contribution < 1.29 is 13.2 Å². The molecule has 0 saturated heterocycles. The van der Waals surface area contributed by atoms with Crippen molar-refractivity contribution in [1.29, 1.82) is 0 Å². The maximum Gasteiger partial charge on any atom is 0.416 e. The van der Waals surface area contributed by atoms with Crippen LogP contribution in [0.15, 0.2) is 36.7 Å². The largest absolute Gasteiger partial charge is 0.416 e. The van der Waals surface area contributed by atoms with Gasteiger partial charge in [-0.25, -0.2) is 4.98 Å². The van der Waals surface area contributed by atoms with Gasteiger partial charge in [0.1, 0.15) is 5.82 Å². The van der Waals surface area contributed by atoms with Gasteiger partial charge in [-0.05, 0) is 36.6 Å². The number of aromatic nitrogens is 2. The average Bonchev–Trinajstić information content (AvgIpc) is 2.84. The first-order valence-electron chi connectivity index (χ1n) is 6.22. The highest BCUT2D eigenvalue weighted by Gasteiger charge is 2.29. The van der Waals surface area contributed by atoms with Crippen LogP contribution < -0.4 is 0 Å². The van der Waals surface area contributed by atoms with E-state index in [2.05, 4.69) is 16.9 Å². The second-order valence-electron chi connectivity index (χ2n) is 4.28. The molecule has 0 unspecified atom stereocenters. The molecule has 2 rings (SSSR count). The van der Waals surface area contributed by atoms with E-state index in [-0.39, 0.29) is 0 Å². The molecule has 0 N–H and O–H groups in total. The number of halogens is 3. The van der Waals surface area contributed by atoms with Crippen molar-refractivity contribution in [3.63, 3.8) is 0 Å². The van der Waals surface area contributed by atoms with E-state index in [1.165, 1.54) is 12.1 Å². The molecule has 2 nitrogen and oxygen atoms in total. The molecule has 0 fully saturated rings. The average molecular weight is 278 g/mol. The molecule has 0 spiro atoms. The number of hydrogen-bond acceptors (Lipinski definition) is 1. The Hall–Kier alpha value is -2.22. The Morgan fingerprint density at radius 2 is 1.90 bits per heavy atom. The molecule has 0 amide bonds. The van der Waals surface area contributed by atoms with Gasteiger partial charge in [-0.1, -0.05) is 6.92 Å². The van der Waals surface area contributed by atoms with Gasteiger partial charge in [-0.2, -0.15) is 13.2 Å². The van der Waals surface area contributed by atoms with Crippen LogP contribution in [-0.4, -0.2) is 9.55 Å². The van der Waals surface area contributed by atoms with Gasteiger partial charge in [0, 0.05) is 30.4 Å². The Morgan fingerprint density at radius 1 is 1.20 bits per heavy atom. The molecule has 0 bridgehead atoms. The molecule has 0 atom stereocenters. The van der Waals surface area contributed by atoms with Crippen molar-refractivity contribution in [2.45, 2.75) is 25.9 Å². The monoisotopic (exact) mass is 278 g/mol. The van der Waals surface area contributed by atoms with Crippen molar-refractivity contribution in [3.05, 3.63) is 53.6 Å². The Morgan fingerprint density at radius 3 is 2.50 bits per heavy atom. The first-order valence-corrected chi connectivity index (χ1v) is 6.22. The highest BCUT2D eigenvalue weighted by Crippen LogP contribution is 2.28. The van der Waals surface area contributed by atoms with Gasteiger partial charge in [0.15, 0.2) is 0 Å². The molecule has 0 aliphatic carbocycles. The minimum absolute atomic E-state index is 0.536. The third-order valence-electron chi connectivity index (χ3n) is 2.72. The lowest BCUT2D eigenvalue weighted by Crippen LogP contribution is -2.04. The molecule has 0 aliphatic heterocycles. The van der Waals surface area contributed by atoms with Crippen molar-refractivity contribution in [2.75, 3.05) is 0 Å². The van der Waals surface area contributed by atoms with Gasteiger partial charge >= 0.3 is 6.18 Å². The minimum atomic E-state index is -4.31. The van der Waals surface area contributed by atoms with E-state index in [1.54, 1.807) is 17.0 Å². The highest BCUT2D eigenvalue weighted by molar-refractivity contribution is 5.37. The van der Waals surface area contributed by atoms with Crippen LogP contribution in [0.3, 0.4) is 0 Å². The van der Waals surface area contributed by atoms with E-state index >= 15 is 0 Å². The molecule has 104 valence electrons. The lowest BCUT2D eigenvalue weighted by Gasteiger charge is -2.05. The number of benzene rings is 1. The predicted octanol–water partition coefficient (Wildman–Crippen LogP) is 3.71. The summed E-state index contributed by atoms with van der Waals surface area (Å²) in [6.07, 6.45) is 0.854. The fourth-order valence-electron chi connectivity index (χ4n) is 1.71. The molecular weight excluding hydrogens is 265 g/mol. The highest BCUT2D eigenvalue weighted by atomic mass is 19.4. The summed E-state index contributed by atoms with van der Waals surface area (Å²) in [7, 11) is 0. The molecular formula is C15H13F3N2. The van der Waals surface area contributed by atoms with E-state index in [0.717, 1.165) is 30.8 Å². The second-order valence-corrected chi connectivity index (χ2v) is 4.28. The summed E-state index contributed by atoms with van der Waals surface area (Å²) in [4.78, 5) is 4.18. The summed E-state index contributed by atoms with van der Waals surface area (Å²) >= 11 is 0. The number of hydrogen-bond donors (Lipinski definition) is 0. The molecule has 1 aromatic carbocycles. The van der Waals surface area contributed by atoms with Gasteiger partial charge < -0.3 is 0 Å². The van der Waals surface area contributed by atoms with Crippen LogP contribution >= 0.6 is 0 Å². The summed E-state index contributed by atoms with van der Waals surface area (Å²) in [6.45, 7) is 2.04. The lowest BCUT2D eigenvalue weighted by molar-refractivity contribution is -0.137. The number of rotatable bonds is 2. The Labute approximate surface area is 115 Å². The van der Waals surface area contributed by atoms with Crippen LogP contribution in [0.1, 0.15) is 30.3 Å². The van der Waals surface area contributed by atoms with Gasteiger partial charge in [-0.3, -0.25) is 4.57 Å². The van der Waals surface area contributed by atoms with E-state index in [9.17, 15) is 13.2 Å². The quantitative estimate of drug-likeness (QED) is 0.766. The van der Waals surface area contributed by atoms with Crippen LogP contribution in [0.2, 0.25) is 0 Å². The second kappa shape index (κ2) is 5.83. The number of aryl methyl sites for hydroxylation is 1. The Kier molecular flexibility index (Phi) is 4.14. The van der Waals surface area contributed by atoms with Crippen LogP contribution in [0.5, 0.6) is 0 Å². The van der Waals surface area contributed by atoms with E-state index in [1.807, 2.05) is 6.92 Å². The maximum absolute atomic E-state index is 12.4. The zero-order chi connectivity index (χ0) is 14.6. The van der Waals surface area contributed by atoms with Gasteiger partial charge in [0.25, 0.3) is 0 Å². The van der Waals surface area contributed by atoms with Gasteiger partial charge in [0.05, 0.1) is 5.56 Å². The summed E-state index contributed by atoms with van der Waals surface area (Å²) in [5.41, 5.74) is -0.133. The first-order chi connectivity index (χ1) is 9.50. The molecule has 0 aliphatic rings. The lowest BCUT2D eigenvalue weighted by atomic mass is 10.1. The standard InChI is InChI=1S/C15H13F3N2/c1-2-3-14-19-9-11-20(14)10-8-12-4-6-13(7-5-12)15(16,17)18/h4-7,9,11H,2-3H2,1H3. The van der Waals surface area contributed by atoms with Crippen molar-refractivity contribution in [3.8, 4) is 12.0 Å². The topological polar surface area (TPSA) is 17.8 Å². The first kappa shape index (κ1) is 14.2. The van der Waals surface area contributed by atoms with Crippen molar-refractivity contribution in [2.24, 2.45) is 0 Å². The van der Waals surface area contributed by atoms with Crippen LogP contribution in [0.25, 0.3) is 0 Å². The molecule has 1 aromatic heterocycles. The predicted molar refractivity (Wildman–Crippen MR) is 69.9 cm³/mol. The summed E-state index contributed by atoms with van der Waals surface area (Å²) in [6, 6.07) is 7.68. The van der Waals surface area contributed by atoms with Crippen LogP contribution in [0, 0.1) is 12.0 Å². The van der Waals surface area contributed by atoms with Crippen LogP contribution in [-0.2, 0) is 12.6 Å². The molecule has 0 radical (unpaired) electrons. The maximum atomic E-state index is 12.4. The Balaban J connectivity index is 2.19. The number of alkyl halides is 3. The molecule has 5 heteroatoms. The molecule has 1 heterocycles. The van der Waals surface area contributed by atoms with Gasteiger partial charge in [-0.15, -0.1) is 0 Å². The Bertz CT molecular complexity index is 628. The van der Waals surface area contributed by atoms with Gasteiger partial charge in [0.2, 0.25) is 0 Å². The third kappa shape index (κ3) is 3.41. The molecule has 2 aromatic rings. The zero-order valence-corrected chi connectivity index (χ0v) is 10.9. The summed E-state index contributed by atoms with van der Waals surface area (Å²) < 4.78 is 38.9. The van der Waals surface area contributed by atoms with Crippen molar-refractivity contribution >= 4 is 0 Å². The van der Waals surface area contributed by atoms with E-state index in [0.29, 0.717) is 5.56 Å². The normalized spacial score (nSPS) is 11.0. The molecule has 20 heavy (non-hydrogen) atoms. The fraction of sp³-hybridized carbons (Fsp3) is 0.267. The minimum Gasteiger partial charge on any atom is -0.262 e. The van der Waals surface area contributed by atoms with Crippen molar-refractivity contribution in [1.82, 2.24) is 9.55 Å². The SMILES string of the molecule is CCCc1nccn1C#Cc1ccc(C(F)(F)F)cc1. The van der Waals surface area contributed by atoms with E-state index < -0.39 is 11.7 Å². The molecule has 0 saturated carbocycles. The summed E-state index contributed by atoms with van der Waals surface area (Å²) in [5, 5.41) is 0.